The lowest BCUT2D eigenvalue weighted by Gasteiger charge is -2.37. The van der Waals surface area contributed by atoms with Gasteiger partial charge >= 0.3 is 0 Å². The van der Waals surface area contributed by atoms with Crippen LogP contribution in [0.1, 0.15) is 43.3 Å². The molecule has 0 aliphatic carbocycles. The Hall–Kier alpha value is -1.43. The molecule has 2 heterocycles. The lowest BCUT2D eigenvalue weighted by atomic mass is 9.83. The van der Waals surface area contributed by atoms with Gasteiger partial charge in [-0.15, -0.1) is 11.3 Å². The van der Waals surface area contributed by atoms with Crippen LogP contribution in [0.3, 0.4) is 0 Å². The summed E-state index contributed by atoms with van der Waals surface area (Å²) in [6.07, 6.45) is 2.26. The van der Waals surface area contributed by atoms with Crippen LogP contribution in [0.4, 0.5) is 10.7 Å². The average molecular weight is 311 g/mol. The first-order valence-electron chi connectivity index (χ1n) is 7.39. The van der Waals surface area contributed by atoms with Gasteiger partial charge in [-0.3, -0.25) is 4.79 Å². The second-order valence-corrected chi connectivity index (χ2v) is 7.19. The molecule has 0 aromatic carbocycles. The molecule has 1 aromatic heterocycles. The number of ether oxygens (including phenoxy) is 1. The highest BCUT2D eigenvalue weighted by atomic mass is 32.1. The van der Waals surface area contributed by atoms with Gasteiger partial charge in [0.15, 0.2) is 5.75 Å². The number of nitrogens with zero attached hydrogens (tertiary/aromatic N) is 1. The maximum Gasteiger partial charge on any atom is 0.263 e. The lowest BCUT2D eigenvalue weighted by Crippen LogP contribution is -2.37. The molecule has 0 spiro atoms. The minimum atomic E-state index is -0.123. The molecular weight excluding hydrogens is 286 g/mol. The number of thiophene rings is 1. The van der Waals surface area contributed by atoms with Crippen molar-refractivity contribution in [2.45, 2.75) is 33.6 Å². The fourth-order valence-corrected chi connectivity index (χ4v) is 3.70. The smallest absolute Gasteiger partial charge is 0.263 e. The summed E-state index contributed by atoms with van der Waals surface area (Å²) in [4.78, 5) is 14.9. The summed E-state index contributed by atoms with van der Waals surface area (Å²) in [5, 5.41) is 3.78. The van der Waals surface area contributed by atoms with Gasteiger partial charge in [-0.05, 0) is 25.2 Å². The largest absolute Gasteiger partial charge is 0.492 e. The number of hydrogen-bond acceptors (Lipinski definition) is 5. The second kappa shape index (κ2) is 6.13. The number of amides is 1. The zero-order valence-electron chi connectivity index (χ0n) is 13.3. The van der Waals surface area contributed by atoms with Crippen LogP contribution >= 0.6 is 11.3 Å². The van der Waals surface area contributed by atoms with Crippen LogP contribution in [0.25, 0.3) is 0 Å². The summed E-state index contributed by atoms with van der Waals surface area (Å²) in [5.74, 6) is 0.517. The van der Waals surface area contributed by atoms with Gasteiger partial charge in [0.2, 0.25) is 0 Å². The highest BCUT2D eigenvalue weighted by molar-refractivity contribution is 7.19. The molecule has 1 aliphatic heterocycles. The number of carbonyl (C=O) groups excluding carboxylic acids is 1. The van der Waals surface area contributed by atoms with Crippen LogP contribution in [-0.4, -0.2) is 32.7 Å². The van der Waals surface area contributed by atoms with Gasteiger partial charge < -0.3 is 20.7 Å². The first kappa shape index (κ1) is 15.9. The summed E-state index contributed by atoms with van der Waals surface area (Å²) < 4.78 is 5.45. The summed E-state index contributed by atoms with van der Waals surface area (Å²) in [6.45, 7) is 9.02. The monoisotopic (exact) mass is 311 g/mol. The summed E-state index contributed by atoms with van der Waals surface area (Å²) >= 11 is 1.43. The van der Waals surface area contributed by atoms with E-state index in [0.717, 1.165) is 30.9 Å². The Morgan fingerprint density at radius 2 is 2.05 bits per heavy atom. The van der Waals surface area contributed by atoms with Crippen LogP contribution in [-0.2, 0) is 0 Å². The van der Waals surface area contributed by atoms with E-state index in [0.29, 0.717) is 28.3 Å². The van der Waals surface area contributed by atoms with Gasteiger partial charge in [-0.1, -0.05) is 13.8 Å². The van der Waals surface area contributed by atoms with Crippen molar-refractivity contribution >= 4 is 27.9 Å². The third-order valence-electron chi connectivity index (χ3n) is 4.03. The minimum absolute atomic E-state index is 0.123. The van der Waals surface area contributed by atoms with Gasteiger partial charge in [0.05, 0.1) is 7.11 Å². The lowest BCUT2D eigenvalue weighted by molar-refractivity contribution is 0.0960. The van der Waals surface area contributed by atoms with Crippen LogP contribution in [0.2, 0.25) is 0 Å². The quantitative estimate of drug-likeness (QED) is 0.897. The number of carbonyl (C=O) groups is 1. The molecule has 1 aromatic rings. The van der Waals surface area contributed by atoms with E-state index in [1.54, 1.807) is 7.11 Å². The minimum Gasteiger partial charge on any atom is -0.492 e. The van der Waals surface area contributed by atoms with Crippen LogP contribution in [0.15, 0.2) is 0 Å². The number of anilines is 2. The molecule has 1 amide bonds. The Kier molecular flexibility index (Phi) is 4.66. The van der Waals surface area contributed by atoms with Crippen LogP contribution in [0.5, 0.6) is 5.75 Å². The first-order valence-corrected chi connectivity index (χ1v) is 8.20. The molecule has 0 unspecified atom stereocenters. The number of piperidine rings is 1. The number of methoxy groups -OCH3 is 1. The predicted molar refractivity (Wildman–Crippen MR) is 88.5 cm³/mol. The van der Waals surface area contributed by atoms with Crippen molar-refractivity contribution in [3.63, 3.8) is 0 Å². The first-order chi connectivity index (χ1) is 9.89. The normalized spacial score (nSPS) is 17.6. The van der Waals surface area contributed by atoms with Crippen molar-refractivity contribution in [1.82, 2.24) is 5.32 Å². The van der Waals surface area contributed by atoms with Gasteiger partial charge in [0.25, 0.3) is 5.91 Å². The second-order valence-electron chi connectivity index (χ2n) is 6.19. The SMILES string of the molecule is CCNC(=O)c1sc(N2CCC(C)(C)CC2)c(OC)c1N. The maximum atomic E-state index is 12.1. The molecule has 0 radical (unpaired) electrons. The zero-order chi connectivity index (χ0) is 15.6. The Morgan fingerprint density at radius 3 is 2.57 bits per heavy atom. The number of nitrogens with two attached hydrogens (primary N) is 1. The third-order valence-corrected chi connectivity index (χ3v) is 5.28. The van der Waals surface area contributed by atoms with Crippen molar-refractivity contribution in [1.29, 1.82) is 0 Å². The number of rotatable bonds is 4. The van der Waals surface area contributed by atoms with Crippen LogP contribution in [0, 0.1) is 5.41 Å². The Balaban J connectivity index is 2.27. The molecule has 6 heteroatoms. The van der Waals surface area contributed by atoms with Crippen molar-refractivity contribution in [3.05, 3.63) is 4.88 Å². The van der Waals surface area contributed by atoms with Crippen molar-refractivity contribution in [2.24, 2.45) is 5.41 Å². The molecule has 3 N–H and O–H groups in total. The predicted octanol–water partition coefficient (Wildman–Crippen LogP) is 2.72. The molecule has 1 fully saturated rings. The Bertz CT molecular complexity index is 515. The molecule has 0 atom stereocenters. The van der Waals surface area contributed by atoms with E-state index in [4.69, 9.17) is 10.5 Å². The van der Waals surface area contributed by atoms with E-state index in [1.807, 2.05) is 6.92 Å². The van der Waals surface area contributed by atoms with Gasteiger partial charge in [-0.2, -0.15) is 0 Å². The molecule has 118 valence electrons. The molecule has 0 bridgehead atoms. The van der Waals surface area contributed by atoms with Gasteiger partial charge in [0.1, 0.15) is 15.6 Å². The molecular formula is C15H25N3O2S. The molecule has 2 rings (SSSR count). The Morgan fingerprint density at radius 1 is 1.43 bits per heavy atom. The third kappa shape index (κ3) is 3.26. The highest BCUT2D eigenvalue weighted by Crippen LogP contribution is 2.46. The average Bonchev–Trinajstić information content (AvgIpc) is 2.76. The summed E-state index contributed by atoms with van der Waals surface area (Å²) in [6, 6.07) is 0. The standard InChI is InChI=1S/C15H25N3O2S/c1-5-17-13(19)12-10(16)11(20-4)14(21-12)18-8-6-15(2,3)7-9-18/h5-9,16H2,1-4H3,(H,17,19). The molecule has 1 saturated heterocycles. The van der Waals surface area contributed by atoms with E-state index < -0.39 is 0 Å². The van der Waals surface area contributed by atoms with E-state index in [9.17, 15) is 4.79 Å². The Labute approximate surface area is 130 Å². The van der Waals surface area contributed by atoms with E-state index in [-0.39, 0.29) is 5.91 Å². The summed E-state index contributed by atoms with van der Waals surface area (Å²) in [7, 11) is 1.61. The maximum absolute atomic E-state index is 12.1. The van der Waals surface area contributed by atoms with Gasteiger partial charge in [-0.25, -0.2) is 0 Å². The van der Waals surface area contributed by atoms with Crippen molar-refractivity contribution in [2.75, 3.05) is 37.4 Å². The fraction of sp³-hybridized carbons (Fsp3) is 0.667. The number of hydrogen-bond donors (Lipinski definition) is 2. The van der Waals surface area contributed by atoms with E-state index >= 15 is 0 Å². The molecule has 0 saturated carbocycles. The number of nitrogen functional groups attached to an aromatic ring is 1. The fourth-order valence-electron chi connectivity index (χ4n) is 2.55. The van der Waals surface area contributed by atoms with Crippen molar-refractivity contribution in [3.8, 4) is 5.75 Å². The topological polar surface area (TPSA) is 67.6 Å². The number of nitrogens with one attached hydrogen (secondary N) is 1. The molecule has 5 nitrogen and oxygen atoms in total. The van der Waals surface area contributed by atoms with Crippen molar-refractivity contribution < 1.29 is 9.53 Å². The van der Waals surface area contributed by atoms with E-state index in [1.165, 1.54) is 11.3 Å². The highest BCUT2D eigenvalue weighted by Gasteiger charge is 2.30. The summed E-state index contributed by atoms with van der Waals surface area (Å²) in [5.41, 5.74) is 6.94. The van der Waals surface area contributed by atoms with E-state index in [2.05, 4.69) is 24.1 Å². The van der Waals surface area contributed by atoms with Gasteiger partial charge in [0, 0.05) is 19.6 Å². The van der Waals surface area contributed by atoms with Crippen LogP contribution < -0.4 is 20.7 Å². The molecule has 1 aliphatic rings. The zero-order valence-corrected chi connectivity index (χ0v) is 14.1. The molecule has 21 heavy (non-hydrogen) atoms.